The first-order valence-electron chi connectivity index (χ1n) is 3.61. The van der Waals surface area contributed by atoms with Crippen LogP contribution in [0.3, 0.4) is 0 Å². The molecule has 0 heterocycles. The van der Waals surface area contributed by atoms with Crippen molar-refractivity contribution in [3.63, 3.8) is 0 Å². The summed E-state index contributed by atoms with van der Waals surface area (Å²) in [4.78, 5) is 0. The van der Waals surface area contributed by atoms with E-state index >= 15 is 0 Å². The molecule has 0 aromatic heterocycles. The fourth-order valence-electron chi connectivity index (χ4n) is 0.924. The highest BCUT2D eigenvalue weighted by Crippen LogP contribution is 2.12. The first kappa shape index (κ1) is 10.9. The van der Waals surface area contributed by atoms with E-state index in [2.05, 4.69) is 4.74 Å². The molecule has 1 aromatic rings. The minimum atomic E-state index is -3.10. The van der Waals surface area contributed by atoms with E-state index < -0.39 is 30.8 Å². The van der Waals surface area contributed by atoms with Crippen molar-refractivity contribution in [2.45, 2.75) is 6.61 Å². The molecule has 7 heteroatoms. The lowest BCUT2D eigenvalue weighted by atomic mass is 9.79. The van der Waals surface area contributed by atoms with Crippen molar-refractivity contribution in [2.24, 2.45) is 0 Å². The first-order chi connectivity index (χ1) is 6.50. The van der Waals surface area contributed by atoms with Crippen molar-refractivity contribution in [3.8, 4) is 5.75 Å². The van der Waals surface area contributed by atoms with Crippen LogP contribution in [0.2, 0.25) is 0 Å². The van der Waals surface area contributed by atoms with Crippen LogP contribution in [0.15, 0.2) is 18.2 Å². The number of hydrogen-bond acceptors (Lipinski definition) is 3. The monoisotopic (exact) mass is 206 g/mol. The lowest BCUT2D eigenvalue weighted by Crippen LogP contribution is -2.32. The summed E-state index contributed by atoms with van der Waals surface area (Å²) in [6, 6.07) is 2.49. The van der Waals surface area contributed by atoms with Crippen molar-refractivity contribution in [3.05, 3.63) is 24.0 Å². The number of alkyl halides is 2. The molecule has 0 saturated heterocycles. The molecule has 76 valence electrons. The van der Waals surface area contributed by atoms with E-state index in [9.17, 15) is 13.2 Å². The molecule has 0 radical (unpaired) electrons. The normalized spacial score (nSPS) is 10.4. The van der Waals surface area contributed by atoms with Crippen molar-refractivity contribution >= 4 is 12.6 Å². The molecule has 0 spiro atoms. The molecular formula is C7H6BF3O3. The topological polar surface area (TPSA) is 49.7 Å². The van der Waals surface area contributed by atoms with Gasteiger partial charge in [-0.05, 0) is 18.2 Å². The number of rotatable bonds is 3. The molecule has 14 heavy (non-hydrogen) atoms. The highest BCUT2D eigenvalue weighted by Gasteiger charge is 2.20. The molecule has 0 aliphatic heterocycles. The van der Waals surface area contributed by atoms with E-state index in [1.165, 1.54) is 0 Å². The van der Waals surface area contributed by atoms with Crippen molar-refractivity contribution in [1.29, 1.82) is 0 Å². The van der Waals surface area contributed by atoms with Gasteiger partial charge in [-0.15, -0.1) is 0 Å². The van der Waals surface area contributed by atoms with Crippen LogP contribution in [0.4, 0.5) is 13.2 Å². The second-order valence-corrected chi connectivity index (χ2v) is 2.43. The summed E-state index contributed by atoms with van der Waals surface area (Å²) in [7, 11) is -2.06. The maximum Gasteiger partial charge on any atom is 0.492 e. The molecule has 0 saturated carbocycles. The van der Waals surface area contributed by atoms with Crippen LogP contribution in [-0.2, 0) is 0 Å². The third-order valence-electron chi connectivity index (χ3n) is 1.47. The fraction of sp³-hybridized carbons (Fsp3) is 0.143. The Hall–Kier alpha value is -1.21. The minimum Gasteiger partial charge on any atom is -0.435 e. The van der Waals surface area contributed by atoms with Gasteiger partial charge in [0.2, 0.25) is 0 Å². The zero-order valence-electron chi connectivity index (χ0n) is 6.82. The fourth-order valence-corrected chi connectivity index (χ4v) is 0.924. The molecule has 3 nitrogen and oxygen atoms in total. The highest BCUT2D eigenvalue weighted by molar-refractivity contribution is 6.59. The molecule has 0 aliphatic carbocycles. The van der Waals surface area contributed by atoms with E-state index in [1.807, 2.05) is 0 Å². The van der Waals surface area contributed by atoms with Crippen molar-refractivity contribution in [2.75, 3.05) is 0 Å². The van der Waals surface area contributed by atoms with Crippen LogP contribution in [0.25, 0.3) is 0 Å². The van der Waals surface area contributed by atoms with Crippen molar-refractivity contribution in [1.82, 2.24) is 0 Å². The summed E-state index contributed by atoms with van der Waals surface area (Å²) < 4.78 is 40.1. The van der Waals surface area contributed by atoms with Crippen LogP contribution in [-0.4, -0.2) is 23.8 Å². The Labute approximate surface area is 77.9 Å². The quantitative estimate of drug-likeness (QED) is 0.689. The average Bonchev–Trinajstić information content (AvgIpc) is 2.07. The van der Waals surface area contributed by atoms with Crippen LogP contribution in [0.5, 0.6) is 5.75 Å². The zero-order chi connectivity index (χ0) is 10.7. The predicted molar refractivity (Wildman–Crippen MR) is 42.9 cm³/mol. The van der Waals surface area contributed by atoms with Gasteiger partial charge in [0.15, 0.2) is 0 Å². The Morgan fingerprint density at radius 1 is 1.29 bits per heavy atom. The Morgan fingerprint density at radius 2 is 1.93 bits per heavy atom. The third kappa shape index (κ3) is 2.64. The van der Waals surface area contributed by atoms with Gasteiger partial charge in [0.1, 0.15) is 11.6 Å². The molecule has 1 aromatic carbocycles. The molecule has 0 amide bonds. The van der Waals surface area contributed by atoms with Crippen molar-refractivity contribution < 1.29 is 28.0 Å². The molecule has 0 aliphatic rings. The smallest absolute Gasteiger partial charge is 0.435 e. The molecule has 0 atom stereocenters. The van der Waals surface area contributed by atoms with Gasteiger partial charge in [0.05, 0.1) is 0 Å². The summed E-state index contributed by atoms with van der Waals surface area (Å²) in [6.45, 7) is -3.10. The van der Waals surface area contributed by atoms with Gasteiger partial charge in [-0.3, -0.25) is 0 Å². The van der Waals surface area contributed by atoms with Gasteiger partial charge in [-0.25, -0.2) is 4.39 Å². The van der Waals surface area contributed by atoms with E-state index in [-0.39, 0.29) is 0 Å². The van der Waals surface area contributed by atoms with Crippen LogP contribution < -0.4 is 10.2 Å². The van der Waals surface area contributed by atoms with Gasteiger partial charge in [0.25, 0.3) is 0 Å². The lowest BCUT2D eigenvalue weighted by Gasteiger charge is -2.09. The van der Waals surface area contributed by atoms with Gasteiger partial charge in [-0.1, -0.05) is 0 Å². The average molecular weight is 206 g/mol. The van der Waals surface area contributed by atoms with E-state index in [1.54, 1.807) is 0 Å². The summed E-state index contributed by atoms with van der Waals surface area (Å²) in [5.74, 6) is -1.23. The maximum absolute atomic E-state index is 12.6. The Morgan fingerprint density at radius 3 is 2.43 bits per heavy atom. The summed E-state index contributed by atoms with van der Waals surface area (Å²) in [5, 5.41) is 17.4. The van der Waals surface area contributed by atoms with Gasteiger partial charge < -0.3 is 14.8 Å². The maximum atomic E-state index is 12.6. The van der Waals surface area contributed by atoms with E-state index in [0.29, 0.717) is 6.07 Å². The minimum absolute atomic E-state index is 0.440. The first-order valence-corrected chi connectivity index (χ1v) is 3.61. The second-order valence-electron chi connectivity index (χ2n) is 2.43. The Balaban J connectivity index is 3.02. The van der Waals surface area contributed by atoms with Gasteiger partial charge in [0, 0.05) is 5.46 Å². The third-order valence-corrected chi connectivity index (χ3v) is 1.47. The molecule has 0 unspecified atom stereocenters. The standard InChI is InChI=1S/C7H6BF3O3/c9-4-1-2-6(14-7(10)11)5(3-4)8(12)13/h1-3,7,12-13H. The van der Waals surface area contributed by atoms with Crippen LogP contribution in [0, 0.1) is 5.82 Å². The predicted octanol–water partition coefficient (Wildman–Crippen LogP) is 0.107. The van der Waals surface area contributed by atoms with Crippen LogP contribution >= 0.6 is 0 Å². The molecule has 0 fully saturated rings. The number of ether oxygens (including phenoxy) is 1. The molecule has 0 bridgehead atoms. The number of halogens is 3. The second kappa shape index (κ2) is 4.34. The largest absolute Gasteiger partial charge is 0.492 e. The van der Waals surface area contributed by atoms with E-state index in [0.717, 1.165) is 12.1 Å². The SMILES string of the molecule is OB(O)c1cc(F)ccc1OC(F)F. The number of hydrogen-bond donors (Lipinski definition) is 2. The number of benzene rings is 1. The van der Waals surface area contributed by atoms with Crippen LogP contribution in [0.1, 0.15) is 0 Å². The highest BCUT2D eigenvalue weighted by atomic mass is 19.3. The molecular weight excluding hydrogens is 200 g/mol. The molecule has 2 N–H and O–H groups in total. The Bertz CT molecular complexity index is 319. The summed E-state index contributed by atoms with van der Waals surface area (Å²) in [5.41, 5.74) is -0.440. The van der Waals surface area contributed by atoms with E-state index in [4.69, 9.17) is 10.0 Å². The lowest BCUT2D eigenvalue weighted by molar-refractivity contribution is -0.0492. The summed E-state index contributed by atoms with van der Waals surface area (Å²) in [6.07, 6.45) is 0. The molecule has 1 rings (SSSR count). The zero-order valence-corrected chi connectivity index (χ0v) is 6.82. The Kier molecular flexibility index (Phi) is 3.37. The summed E-state index contributed by atoms with van der Waals surface area (Å²) >= 11 is 0. The van der Waals surface area contributed by atoms with Gasteiger partial charge >= 0.3 is 13.7 Å². The van der Waals surface area contributed by atoms with Gasteiger partial charge in [-0.2, -0.15) is 8.78 Å².